The van der Waals surface area contributed by atoms with Gasteiger partial charge in [-0.1, -0.05) is 17.3 Å². The summed E-state index contributed by atoms with van der Waals surface area (Å²) in [6, 6.07) is 7.97. The lowest BCUT2D eigenvalue weighted by atomic mass is 10.1. The molecule has 1 fully saturated rings. The molecular weight excluding hydrogens is 404 g/mol. The maximum absolute atomic E-state index is 12.6. The van der Waals surface area contributed by atoms with Crippen molar-refractivity contribution in [1.82, 2.24) is 19.7 Å². The lowest BCUT2D eigenvalue weighted by Gasteiger charge is -2.35. The Morgan fingerprint density at radius 1 is 1.23 bits per heavy atom. The van der Waals surface area contributed by atoms with Gasteiger partial charge in [-0.25, -0.2) is 8.42 Å². The third-order valence-corrected chi connectivity index (χ3v) is 6.94. The molecule has 0 unspecified atom stereocenters. The zero-order valence-electron chi connectivity index (χ0n) is 18.0. The maximum Gasteiger partial charge on any atom is 0.220 e. The number of aliphatic imine (C=N–C) groups is 1. The van der Waals surface area contributed by atoms with Crippen LogP contribution in [0.25, 0.3) is 0 Å². The van der Waals surface area contributed by atoms with Crippen LogP contribution in [0.3, 0.4) is 0 Å². The minimum atomic E-state index is -3.42. The molecule has 2 aromatic rings. The van der Waals surface area contributed by atoms with Crippen molar-refractivity contribution in [3.63, 3.8) is 0 Å². The Morgan fingerprint density at radius 3 is 2.57 bits per heavy atom. The number of hydrogen-bond donors (Lipinski definition) is 1. The molecular formula is C20H30N6O3S. The van der Waals surface area contributed by atoms with Crippen molar-refractivity contribution in [2.75, 3.05) is 52.2 Å². The SMILES string of the molecule is CN=C(NCc1ccc(C)cc1N(C)C)N1CCN(S(=O)(=O)Cc2ccon2)CC1. The van der Waals surface area contributed by atoms with Crippen LogP contribution in [-0.2, 0) is 22.3 Å². The standard InChI is InChI=1S/C20H30N6O3S/c1-16-5-6-17(19(13-16)24(3)4)14-22-20(21-2)25-8-10-26(11-9-25)30(27,28)15-18-7-12-29-23-18/h5-7,12-13H,8-11,14-15H2,1-4H3,(H,21,22). The van der Waals surface area contributed by atoms with Gasteiger partial charge in [-0.3, -0.25) is 4.99 Å². The van der Waals surface area contributed by atoms with Crippen LogP contribution in [0.5, 0.6) is 0 Å². The van der Waals surface area contributed by atoms with Gasteiger partial charge >= 0.3 is 0 Å². The number of piperazine rings is 1. The lowest BCUT2D eigenvalue weighted by molar-refractivity contribution is 0.259. The third kappa shape index (κ3) is 5.31. The predicted molar refractivity (Wildman–Crippen MR) is 118 cm³/mol. The molecule has 1 N–H and O–H groups in total. The summed E-state index contributed by atoms with van der Waals surface area (Å²) < 4.78 is 31.5. The van der Waals surface area contributed by atoms with Gasteiger partial charge in [0, 0.05) is 65.6 Å². The van der Waals surface area contributed by atoms with Crippen molar-refractivity contribution in [3.05, 3.63) is 47.3 Å². The highest BCUT2D eigenvalue weighted by molar-refractivity contribution is 7.88. The number of guanidine groups is 1. The monoisotopic (exact) mass is 434 g/mol. The van der Waals surface area contributed by atoms with E-state index in [-0.39, 0.29) is 5.75 Å². The van der Waals surface area contributed by atoms with Gasteiger partial charge in [0.25, 0.3) is 0 Å². The summed E-state index contributed by atoms with van der Waals surface area (Å²) in [5.41, 5.74) is 3.99. The lowest BCUT2D eigenvalue weighted by Crippen LogP contribution is -2.53. The number of sulfonamides is 1. The largest absolute Gasteiger partial charge is 0.377 e. The molecule has 0 radical (unpaired) electrons. The molecule has 1 aliphatic heterocycles. The average Bonchev–Trinajstić information content (AvgIpc) is 3.22. The number of benzene rings is 1. The molecule has 10 heteroatoms. The smallest absolute Gasteiger partial charge is 0.220 e. The summed E-state index contributed by atoms with van der Waals surface area (Å²) in [5.74, 6) is 0.630. The fourth-order valence-electron chi connectivity index (χ4n) is 3.51. The molecule has 3 rings (SSSR count). The molecule has 0 amide bonds. The van der Waals surface area contributed by atoms with Crippen LogP contribution in [0.1, 0.15) is 16.8 Å². The predicted octanol–water partition coefficient (Wildman–Crippen LogP) is 1.27. The zero-order valence-corrected chi connectivity index (χ0v) is 18.8. The highest BCUT2D eigenvalue weighted by Crippen LogP contribution is 2.20. The second-order valence-electron chi connectivity index (χ2n) is 7.56. The Bertz CT molecular complexity index is 964. The van der Waals surface area contributed by atoms with Crippen molar-refractivity contribution in [2.45, 2.75) is 19.2 Å². The first-order chi connectivity index (χ1) is 14.3. The third-order valence-electron chi connectivity index (χ3n) is 5.12. The molecule has 0 atom stereocenters. The number of anilines is 1. The number of nitrogens with zero attached hydrogens (tertiary/aromatic N) is 5. The van der Waals surface area contributed by atoms with E-state index in [1.807, 2.05) is 14.1 Å². The summed E-state index contributed by atoms with van der Waals surface area (Å²) in [4.78, 5) is 8.59. The van der Waals surface area contributed by atoms with Crippen LogP contribution in [-0.4, -0.2) is 76.1 Å². The summed E-state index contributed by atoms with van der Waals surface area (Å²) in [5, 5.41) is 7.13. The number of nitrogens with one attached hydrogen (secondary N) is 1. The Morgan fingerprint density at radius 2 is 1.97 bits per heavy atom. The van der Waals surface area contributed by atoms with Gasteiger partial charge < -0.3 is 19.6 Å². The van der Waals surface area contributed by atoms with Crippen LogP contribution in [0, 0.1) is 6.92 Å². The van der Waals surface area contributed by atoms with Gasteiger partial charge in [0.1, 0.15) is 12.0 Å². The van der Waals surface area contributed by atoms with Crippen molar-refractivity contribution in [3.8, 4) is 0 Å². The number of aromatic nitrogens is 1. The van der Waals surface area contributed by atoms with Crippen molar-refractivity contribution in [1.29, 1.82) is 0 Å². The fraction of sp³-hybridized carbons (Fsp3) is 0.500. The second kappa shape index (κ2) is 9.48. The number of rotatable bonds is 6. The van der Waals surface area contributed by atoms with Crippen molar-refractivity contribution >= 4 is 21.7 Å². The highest BCUT2D eigenvalue weighted by Gasteiger charge is 2.29. The number of hydrogen-bond acceptors (Lipinski definition) is 6. The maximum atomic E-state index is 12.6. The molecule has 9 nitrogen and oxygen atoms in total. The Balaban J connectivity index is 1.58. The molecule has 0 saturated carbocycles. The van der Waals surface area contributed by atoms with Crippen LogP contribution >= 0.6 is 0 Å². The van der Waals surface area contributed by atoms with Gasteiger partial charge in [0.15, 0.2) is 5.96 Å². The van der Waals surface area contributed by atoms with Gasteiger partial charge in [-0.05, 0) is 24.1 Å². The minimum absolute atomic E-state index is 0.142. The topological polar surface area (TPSA) is 94.3 Å². The van der Waals surface area contributed by atoms with Gasteiger partial charge in [-0.2, -0.15) is 4.31 Å². The van der Waals surface area contributed by atoms with Gasteiger partial charge in [-0.15, -0.1) is 0 Å². The average molecular weight is 435 g/mol. The molecule has 0 spiro atoms. The summed E-state index contributed by atoms with van der Waals surface area (Å²) >= 11 is 0. The first kappa shape index (κ1) is 22.1. The molecule has 1 aliphatic rings. The van der Waals surface area contributed by atoms with Crippen LogP contribution in [0.2, 0.25) is 0 Å². The fourth-order valence-corrected chi connectivity index (χ4v) is 4.94. The molecule has 1 aromatic carbocycles. The van der Waals surface area contributed by atoms with E-state index in [0.717, 1.165) is 5.96 Å². The molecule has 30 heavy (non-hydrogen) atoms. The quantitative estimate of drug-likeness (QED) is 0.540. The van der Waals surface area contributed by atoms with E-state index in [9.17, 15) is 8.42 Å². The van der Waals surface area contributed by atoms with E-state index >= 15 is 0 Å². The van der Waals surface area contributed by atoms with E-state index < -0.39 is 10.0 Å². The van der Waals surface area contributed by atoms with Crippen molar-refractivity contribution in [2.24, 2.45) is 4.99 Å². The second-order valence-corrected chi connectivity index (χ2v) is 9.53. The van der Waals surface area contributed by atoms with E-state index in [1.54, 1.807) is 13.1 Å². The summed E-state index contributed by atoms with van der Waals surface area (Å²) in [6.45, 7) is 4.70. The van der Waals surface area contributed by atoms with Crippen molar-refractivity contribution < 1.29 is 12.9 Å². The van der Waals surface area contributed by atoms with Crippen LogP contribution < -0.4 is 10.2 Å². The zero-order chi connectivity index (χ0) is 21.7. The molecule has 1 aromatic heterocycles. The van der Waals surface area contributed by atoms with Crippen LogP contribution in [0.15, 0.2) is 40.0 Å². The Hall–Kier alpha value is -2.59. The normalized spacial score (nSPS) is 16.0. The summed E-state index contributed by atoms with van der Waals surface area (Å²) in [6.07, 6.45) is 1.38. The molecule has 0 aliphatic carbocycles. The first-order valence-electron chi connectivity index (χ1n) is 9.89. The van der Waals surface area contributed by atoms with E-state index in [4.69, 9.17) is 4.52 Å². The van der Waals surface area contributed by atoms with E-state index in [1.165, 1.54) is 27.4 Å². The first-order valence-corrected chi connectivity index (χ1v) is 11.5. The molecule has 164 valence electrons. The summed E-state index contributed by atoms with van der Waals surface area (Å²) in [7, 11) is 2.40. The van der Waals surface area contributed by atoms with Gasteiger partial charge in [0.05, 0.1) is 5.69 Å². The van der Waals surface area contributed by atoms with Crippen LogP contribution in [0.4, 0.5) is 5.69 Å². The molecule has 0 bridgehead atoms. The minimum Gasteiger partial charge on any atom is -0.377 e. The molecule has 1 saturated heterocycles. The number of aryl methyl sites for hydroxylation is 1. The Kier molecular flexibility index (Phi) is 6.99. The van der Waals surface area contributed by atoms with Gasteiger partial charge in [0.2, 0.25) is 10.0 Å². The highest BCUT2D eigenvalue weighted by atomic mass is 32.2. The van der Waals surface area contributed by atoms with E-state index in [0.29, 0.717) is 38.4 Å². The molecule has 2 heterocycles. The van der Waals surface area contributed by atoms with E-state index in [2.05, 4.69) is 50.4 Å². The Labute approximate surface area is 178 Å².